The molecule has 0 saturated heterocycles. The molecule has 0 atom stereocenters. The number of hydrogen-bond acceptors (Lipinski definition) is 4. The third-order valence-corrected chi connectivity index (χ3v) is 5.73. The maximum absolute atomic E-state index is 12.6. The Hall–Kier alpha value is -2.15. The van der Waals surface area contributed by atoms with Crippen molar-refractivity contribution in [1.29, 1.82) is 0 Å². The molecule has 0 bridgehead atoms. The Morgan fingerprint density at radius 3 is 2.04 bits per heavy atom. The quantitative estimate of drug-likeness (QED) is 0.779. The fraction of sp³-hybridized carbons (Fsp3) is 0.500. The first kappa shape index (κ1) is 21.2. The Labute approximate surface area is 162 Å². The predicted molar refractivity (Wildman–Crippen MR) is 106 cm³/mol. The summed E-state index contributed by atoms with van der Waals surface area (Å²) in [5, 5.41) is 3.90. The largest absolute Gasteiger partial charge is 0.283 e. The summed E-state index contributed by atoms with van der Waals surface area (Å²) in [6.45, 7) is 12.1. The molecule has 0 aliphatic rings. The molecule has 2 aromatic rings. The molecule has 1 N–H and O–H groups in total. The number of aromatic nitrogens is 2. The summed E-state index contributed by atoms with van der Waals surface area (Å²) in [5.41, 5.74) is 3.04. The van der Waals surface area contributed by atoms with Crippen LogP contribution in [0.15, 0.2) is 35.5 Å². The molecule has 0 aliphatic carbocycles. The van der Waals surface area contributed by atoms with Crippen molar-refractivity contribution < 1.29 is 13.2 Å². The number of nitrogens with one attached hydrogen (secondary N) is 1. The van der Waals surface area contributed by atoms with Gasteiger partial charge in [-0.3, -0.25) is 9.48 Å². The zero-order valence-electron chi connectivity index (χ0n) is 16.9. The lowest BCUT2D eigenvalue weighted by atomic mass is 9.87. The lowest BCUT2D eigenvalue weighted by Gasteiger charge is -2.19. The number of hydrogen-bond donors (Lipinski definition) is 1. The highest BCUT2D eigenvalue weighted by atomic mass is 32.2. The number of benzene rings is 1. The van der Waals surface area contributed by atoms with E-state index in [2.05, 4.69) is 37.5 Å². The summed E-state index contributed by atoms with van der Waals surface area (Å²) in [7, 11) is -3.99. The van der Waals surface area contributed by atoms with E-state index in [-0.39, 0.29) is 29.3 Å². The highest BCUT2D eigenvalue weighted by Gasteiger charge is 2.23. The van der Waals surface area contributed by atoms with E-state index in [1.165, 1.54) is 6.07 Å². The minimum atomic E-state index is -3.99. The molecule has 0 radical (unpaired) electrons. The van der Waals surface area contributed by atoms with E-state index in [9.17, 15) is 13.2 Å². The lowest BCUT2D eigenvalue weighted by Crippen LogP contribution is -2.32. The maximum Gasteiger partial charge on any atom is 0.283 e. The van der Waals surface area contributed by atoms with Crippen LogP contribution in [0.4, 0.5) is 0 Å². The van der Waals surface area contributed by atoms with E-state index >= 15 is 0 Å². The first-order valence-electron chi connectivity index (χ1n) is 9.25. The van der Waals surface area contributed by atoms with Crippen LogP contribution in [-0.2, 0) is 21.2 Å². The highest BCUT2D eigenvalue weighted by Crippen LogP contribution is 2.28. The fourth-order valence-electron chi connectivity index (χ4n) is 3.06. The summed E-state index contributed by atoms with van der Waals surface area (Å²) >= 11 is 0. The van der Waals surface area contributed by atoms with Crippen molar-refractivity contribution in [3.05, 3.63) is 47.2 Å². The lowest BCUT2D eigenvalue weighted by molar-refractivity contribution is -0.118. The van der Waals surface area contributed by atoms with Gasteiger partial charge in [-0.05, 0) is 48.4 Å². The Morgan fingerprint density at radius 2 is 1.59 bits per heavy atom. The van der Waals surface area contributed by atoms with Gasteiger partial charge in [0.25, 0.3) is 10.0 Å². The van der Waals surface area contributed by atoms with Crippen molar-refractivity contribution in [2.45, 2.75) is 70.9 Å². The Balaban J connectivity index is 2.27. The van der Waals surface area contributed by atoms with E-state index in [1.807, 2.05) is 32.0 Å². The summed E-state index contributed by atoms with van der Waals surface area (Å²) in [4.78, 5) is 12.6. The van der Waals surface area contributed by atoms with Crippen LogP contribution in [0.2, 0.25) is 0 Å². The standard InChI is InChI=1S/C20H29N3O3S/c1-13(2)16-8-7-9-17(14(3)4)18(16)12-19(24)22-27(25,26)20-10-11-23(21-20)15(5)6/h7-11,13-15H,12H2,1-6H3,(H,22,24). The molecule has 7 heteroatoms. The molecule has 2 rings (SSSR count). The SMILES string of the molecule is CC(C)c1cccc(C(C)C)c1CC(=O)NS(=O)(=O)c1ccn(C(C)C)n1. The van der Waals surface area contributed by atoms with Crippen molar-refractivity contribution >= 4 is 15.9 Å². The van der Waals surface area contributed by atoms with Gasteiger partial charge in [0.15, 0.2) is 5.03 Å². The molecule has 27 heavy (non-hydrogen) atoms. The predicted octanol–water partition coefficient (Wildman–Crippen LogP) is 3.76. The van der Waals surface area contributed by atoms with Crippen LogP contribution in [0.5, 0.6) is 0 Å². The van der Waals surface area contributed by atoms with Crippen molar-refractivity contribution in [3.63, 3.8) is 0 Å². The first-order chi connectivity index (χ1) is 12.5. The van der Waals surface area contributed by atoms with Crippen LogP contribution in [0.3, 0.4) is 0 Å². The zero-order chi connectivity index (χ0) is 20.4. The second-order valence-corrected chi connectivity index (χ2v) is 9.29. The first-order valence-corrected chi connectivity index (χ1v) is 10.7. The summed E-state index contributed by atoms with van der Waals surface area (Å²) < 4.78 is 28.7. The van der Waals surface area contributed by atoms with E-state index in [4.69, 9.17) is 0 Å². The molecular formula is C20H29N3O3S. The van der Waals surface area contributed by atoms with Crippen LogP contribution in [0, 0.1) is 0 Å². The van der Waals surface area contributed by atoms with Gasteiger partial charge in [-0.1, -0.05) is 45.9 Å². The number of rotatable bonds is 7. The van der Waals surface area contributed by atoms with Gasteiger partial charge in [-0.25, -0.2) is 4.72 Å². The van der Waals surface area contributed by atoms with E-state index in [0.29, 0.717) is 0 Å². The maximum atomic E-state index is 12.6. The van der Waals surface area contributed by atoms with Gasteiger partial charge in [0.05, 0.1) is 6.42 Å². The van der Waals surface area contributed by atoms with E-state index < -0.39 is 15.9 Å². The van der Waals surface area contributed by atoms with Crippen molar-refractivity contribution in [2.75, 3.05) is 0 Å². The monoisotopic (exact) mass is 391 g/mol. The molecule has 1 aromatic carbocycles. The van der Waals surface area contributed by atoms with Gasteiger partial charge in [-0.2, -0.15) is 13.5 Å². The Morgan fingerprint density at radius 1 is 1.04 bits per heavy atom. The molecule has 1 amide bonds. The van der Waals surface area contributed by atoms with E-state index in [0.717, 1.165) is 16.7 Å². The van der Waals surface area contributed by atoms with Crippen molar-refractivity contribution in [1.82, 2.24) is 14.5 Å². The van der Waals surface area contributed by atoms with E-state index in [1.54, 1.807) is 10.9 Å². The van der Waals surface area contributed by atoms with Crippen molar-refractivity contribution in [3.8, 4) is 0 Å². The number of carbonyl (C=O) groups is 1. The second-order valence-electron chi connectivity index (χ2n) is 7.66. The van der Waals surface area contributed by atoms with Crippen molar-refractivity contribution in [2.24, 2.45) is 0 Å². The molecule has 6 nitrogen and oxygen atoms in total. The normalized spacial score (nSPS) is 12.2. The number of amides is 1. The van der Waals surface area contributed by atoms with Gasteiger partial charge in [0.1, 0.15) is 0 Å². The molecular weight excluding hydrogens is 362 g/mol. The van der Waals surface area contributed by atoms with Crippen LogP contribution in [0.1, 0.15) is 76.1 Å². The average molecular weight is 392 g/mol. The number of sulfonamides is 1. The molecule has 0 saturated carbocycles. The number of nitrogens with zero attached hydrogens (tertiary/aromatic N) is 2. The third kappa shape index (κ3) is 4.97. The van der Waals surface area contributed by atoms with Crippen LogP contribution < -0.4 is 4.72 Å². The molecule has 0 fully saturated rings. The topological polar surface area (TPSA) is 81.1 Å². The second kappa shape index (κ2) is 8.25. The van der Waals surface area contributed by atoms with Gasteiger partial charge < -0.3 is 0 Å². The minimum Gasteiger partial charge on any atom is -0.274 e. The Kier molecular flexibility index (Phi) is 6.46. The zero-order valence-corrected chi connectivity index (χ0v) is 17.7. The van der Waals surface area contributed by atoms with Gasteiger partial charge in [0, 0.05) is 12.2 Å². The summed E-state index contributed by atoms with van der Waals surface area (Å²) in [6.07, 6.45) is 1.61. The highest BCUT2D eigenvalue weighted by molar-refractivity contribution is 7.90. The van der Waals surface area contributed by atoms with Gasteiger partial charge in [-0.15, -0.1) is 0 Å². The van der Waals surface area contributed by atoms with Crippen LogP contribution >= 0.6 is 0 Å². The molecule has 0 unspecified atom stereocenters. The van der Waals surface area contributed by atoms with Crippen LogP contribution in [0.25, 0.3) is 0 Å². The molecule has 1 heterocycles. The Bertz CT molecular complexity index is 886. The molecule has 1 aromatic heterocycles. The summed E-state index contributed by atoms with van der Waals surface area (Å²) in [6, 6.07) is 7.42. The van der Waals surface area contributed by atoms with Gasteiger partial charge in [0.2, 0.25) is 5.91 Å². The minimum absolute atomic E-state index is 0.0198. The van der Waals surface area contributed by atoms with Gasteiger partial charge >= 0.3 is 0 Å². The fourth-order valence-corrected chi connectivity index (χ4v) is 3.98. The average Bonchev–Trinajstić information content (AvgIpc) is 3.05. The molecule has 0 spiro atoms. The third-order valence-electron chi connectivity index (χ3n) is 4.47. The summed E-state index contributed by atoms with van der Waals surface area (Å²) in [5.74, 6) is -0.0706. The smallest absolute Gasteiger partial charge is 0.274 e. The molecule has 148 valence electrons. The number of carbonyl (C=O) groups excluding carboxylic acids is 1. The van der Waals surface area contributed by atoms with Crippen LogP contribution in [-0.4, -0.2) is 24.1 Å². The molecule has 0 aliphatic heterocycles.